The lowest BCUT2D eigenvalue weighted by Gasteiger charge is -2.42. The molecule has 0 spiro atoms. The molecule has 126 valence electrons. The van der Waals surface area contributed by atoms with Crippen LogP contribution in [0.4, 0.5) is 0 Å². The molecule has 0 bridgehead atoms. The zero-order chi connectivity index (χ0) is 17.1. The predicted molar refractivity (Wildman–Crippen MR) is 105 cm³/mol. The van der Waals surface area contributed by atoms with Crippen LogP contribution in [0.25, 0.3) is 0 Å². The molecular formula is C24H25N. The highest BCUT2D eigenvalue weighted by Crippen LogP contribution is 2.48. The summed E-state index contributed by atoms with van der Waals surface area (Å²) in [6, 6.07) is 32.7. The van der Waals surface area contributed by atoms with Crippen LogP contribution in [-0.4, -0.2) is 6.04 Å². The number of hydrogen-bond donors (Lipinski definition) is 1. The summed E-state index contributed by atoms with van der Waals surface area (Å²) in [5, 5.41) is 0. The van der Waals surface area contributed by atoms with Gasteiger partial charge in [0.15, 0.2) is 0 Å². The van der Waals surface area contributed by atoms with Crippen LogP contribution in [0.1, 0.15) is 47.3 Å². The van der Waals surface area contributed by atoms with Crippen LogP contribution in [0.15, 0.2) is 91.0 Å². The van der Waals surface area contributed by atoms with E-state index in [1.54, 1.807) is 0 Å². The minimum atomic E-state index is 0.128. The zero-order valence-corrected chi connectivity index (χ0v) is 14.5. The first-order valence-corrected chi connectivity index (χ1v) is 9.25. The lowest BCUT2D eigenvalue weighted by molar-refractivity contribution is 0.300. The minimum Gasteiger partial charge on any atom is -0.327 e. The zero-order valence-electron chi connectivity index (χ0n) is 14.5. The van der Waals surface area contributed by atoms with Crippen LogP contribution >= 0.6 is 0 Å². The number of rotatable bonds is 3. The third kappa shape index (κ3) is 3.25. The van der Waals surface area contributed by atoms with E-state index in [4.69, 9.17) is 5.73 Å². The molecule has 0 aromatic heterocycles. The summed E-state index contributed by atoms with van der Waals surface area (Å²) in [6.07, 6.45) is 2.32. The van der Waals surface area contributed by atoms with E-state index >= 15 is 0 Å². The predicted octanol–water partition coefficient (Wildman–Crippen LogP) is 5.46. The Bertz CT molecular complexity index is 782. The molecule has 0 amide bonds. The quantitative estimate of drug-likeness (QED) is 0.679. The highest BCUT2D eigenvalue weighted by molar-refractivity contribution is 5.34. The molecule has 3 aromatic carbocycles. The van der Waals surface area contributed by atoms with Crippen molar-refractivity contribution in [2.24, 2.45) is 5.73 Å². The molecule has 2 N–H and O–H groups in total. The number of nitrogens with two attached hydrogens (primary N) is 1. The van der Waals surface area contributed by atoms with Crippen molar-refractivity contribution in [3.05, 3.63) is 108 Å². The van der Waals surface area contributed by atoms with Gasteiger partial charge in [0.25, 0.3) is 0 Å². The van der Waals surface area contributed by atoms with Crippen LogP contribution in [0.5, 0.6) is 0 Å². The average Bonchev–Trinajstić information content (AvgIpc) is 2.70. The summed E-state index contributed by atoms with van der Waals surface area (Å²) in [5.41, 5.74) is 11.1. The molecule has 1 aliphatic rings. The molecule has 0 heterocycles. The van der Waals surface area contributed by atoms with Gasteiger partial charge >= 0.3 is 0 Å². The smallest absolute Gasteiger partial charge is 0.0183 e. The summed E-state index contributed by atoms with van der Waals surface area (Å²) in [6.45, 7) is 0. The first kappa shape index (κ1) is 16.1. The average molecular weight is 327 g/mol. The Labute approximate surface area is 150 Å². The monoisotopic (exact) mass is 327 g/mol. The van der Waals surface area contributed by atoms with Crippen molar-refractivity contribution < 1.29 is 0 Å². The Kier molecular flexibility index (Phi) is 4.67. The number of benzene rings is 3. The van der Waals surface area contributed by atoms with Crippen molar-refractivity contribution in [2.75, 3.05) is 0 Å². The first-order chi connectivity index (χ1) is 12.3. The van der Waals surface area contributed by atoms with Gasteiger partial charge in [-0.05, 0) is 41.4 Å². The van der Waals surface area contributed by atoms with Crippen molar-refractivity contribution in [1.29, 1.82) is 0 Å². The Morgan fingerprint density at radius 3 is 1.44 bits per heavy atom. The molecule has 0 aliphatic heterocycles. The molecule has 0 radical (unpaired) electrons. The molecule has 1 aliphatic carbocycles. The molecule has 1 nitrogen and oxygen atoms in total. The fraction of sp³-hybridized carbons (Fsp3) is 0.250. The third-order valence-electron chi connectivity index (χ3n) is 5.74. The van der Waals surface area contributed by atoms with Crippen molar-refractivity contribution in [3.63, 3.8) is 0 Å². The van der Waals surface area contributed by atoms with E-state index in [0.29, 0.717) is 17.8 Å². The van der Waals surface area contributed by atoms with Crippen molar-refractivity contribution in [2.45, 2.75) is 36.6 Å². The minimum absolute atomic E-state index is 0.128. The van der Waals surface area contributed by atoms with E-state index in [2.05, 4.69) is 91.0 Å². The molecule has 3 aromatic rings. The SMILES string of the molecule is N[C@@H]1[C@H](c2ccccc2)[C@H](c2ccccc2)CC[C@H]1c1ccccc1. The molecule has 0 unspecified atom stereocenters. The lowest BCUT2D eigenvalue weighted by Crippen LogP contribution is -2.41. The van der Waals surface area contributed by atoms with Crippen molar-refractivity contribution in [1.82, 2.24) is 0 Å². The van der Waals surface area contributed by atoms with Crippen molar-refractivity contribution >= 4 is 0 Å². The lowest BCUT2D eigenvalue weighted by atomic mass is 9.64. The molecule has 4 rings (SSSR count). The van der Waals surface area contributed by atoms with Gasteiger partial charge in [-0.1, -0.05) is 91.0 Å². The Morgan fingerprint density at radius 2 is 0.920 bits per heavy atom. The third-order valence-corrected chi connectivity index (χ3v) is 5.74. The van der Waals surface area contributed by atoms with E-state index in [0.717, 1.165) is 6.42 Å². The van der Waals surface area contributed by atoms with Gasteiger partial charge in [0.05, 0.1) is 0 Å². The Balaban J connectivity index is 1.73. The summed E-state index contributed by atoms with van der Waals surface area (Å²) in [4.78, 5) is 0. The largest absolute Gasteiger partial charge is 0.327 e. The fourth-order valence-electron chi connectivity index (χ4n) is 4.54. The van der Waals surface area contributed by atoms with Crippen molar-refractivity contribution in [3.8, 4) is 0 Å². The Morgan fingerprint density at radius 1 is 0.520 bits per heavy atom. The first-order valence-electron chi connectivity index (χ1n) is 9.25. The molecular weight excluding hydrogens is 302 g/mol. The van der Waals surface area contributed by atoms with Crippen LogP contribution in [-0.2, 0) is 0 Å². The maximum atomic E-state index is 6.92. The van der Waals surface area contributed by atoms with Gasteiger partial charge in [-0.2, -0.15) is 0 Å². The molecule has 4 atom stereocenters. The Hall–Kier alpha value is -2.38. The van der Waals surface area contributed by atoms with Crippen LogP contribution in [0.2, 0.25) is 0 Å². The molecule has 25 heavy (non-hydrogen) atoms. The number of hydrogen-bond acceptors (Lipinski definition) is 1. The van der Waals surface area contributed by atoms with Gasteiger partial charge in [-0.15, -0.1) is 0 Å². The van der Waals surface area contributed by atoms with Gasteiger partial charge in [0.2, 0.25) is 0 Å². The van der Waals surface area contributed by atoms with Gasteiger partial charge in [0, 0.05) is 12.0 Å². The normalized spacial score (nSPS) is 26.3. The highest BCUT2D eigenvalue weighted by atomic mass is 14.7. The summed E-state index contributed by atoms with van der Waals surface area (Å²) >= 11 is 0. The standard InChI is InChI=1S/C24H25N/c25-24-22(19-12-6-2-7-13-19)17-16-21(18-10-4-1-5-11-18)23(24)20-14-8-3-9-15-20/h1-15,21-24H,16-17,25H2/t21-,22-,23+,24-/m0/s1. The summed E-state index contributed by atoms with van der Waals surface area (Å²) in [5.74, 6) is 1.26. The second kappa shape index (κ2) is 7.25. The maximum absolute atomic E-state index is 6.92. The molecule has 1 heteroatoms. The molecule has 1 saturated carbocycles. The van der Waals surface area contributed by atoms with Gasteiger partial charge in [-0.25, -0.2) is 0 Å². The van der Waals surface area contributed by atoms with Gasteiger partial charge in [0.1, 0.15) is 0 Å². The van der Waals surface area contributed by atoms with E-state index in [1.807, 2.05) is 0 Å². The van der Waals surface area contributed by atoms with E-state index < -0.39 is 0 Å². The van der Waals surface area contributed by atoms with Crippen LogP contribution in [0.3, 0.4) is 0 Å². The highest BCUT2D eigenvalue weighted by Gasteiger charge is 2.39. The second-order valence-corrected chi connectivity index (χ2v) is 7.13. The van der Waals surface area contributed by atoms with Crippen LogP contribution < -0.4 is 5.73 Å². The van der Waals surface area contributed by atoms with E-state index in [1.165, 1.54) is 23.1 Å². The molecule has 1 fully saturated rings. The van der Waals surface area contributed by atoms with Gasteiger partial charge in [-0.3, -0.25) is 0 Å². The van der Waals surface area contributed by atoms with Gasteiger partial charge < -0.3 is 5.73 Å². The molecule has 0 saturated heterocycles. The topological polar surface area (TPSA) is 26.0 Å². The van der Waals surface area contributed by atoms with E-state index in [-0.39, 0.29) is 6.04 Å². The van der Waals surface area contributed by atoms with Crippen LogP contribution in [0, 0.1) is 0 Å². The fourth-order valence-corrected chi connectivity index (χ4v) is 4.54. The maximum Gasteiger partial charge on any atom is 0.0183 e. The second-order valence-electron chi connectivity index (χ2n) is 7.13. The van der Waals surface area contributed by atoms with E-state index in [9.17, 15) is 0 Å². The summed E-state index contributed by atoms with van der Waals surface area (Å²) < 4.78 is 0. The summed E-state index contributed by atoms with van der Waals surface area (Å²) in [7, 11) is 0.